The van der Waals surface area contributed by atoms with Crippen molar-refractivity contribution in [2.24, 2.45) is 5.92 Å². The van der Waals surface area contributed by atoms with Gasteiger partial charge in [0.15, 0.2) is 0 Å². The Hall–Kier alpha value is -2.08. The molecule has 0 radical (unpaired) electrons. The van der Waals surface area contributed by atoms with Crippen LogP contribution in [0, 0.1) is 5.92 Å². The quantitative estimate of drug-likeness (QED) is 0.838. The molecule has 2 rings (SSSR count). The highest BCUT2D eigenvalue weighted by Gasteiger charge is 2.36. The Bertz CT molecular complexity index is 538. The number of benzene rings is 1. The Balaban J connectivity index is 2.03. The van der Waals surface area contributed by atoms with Gasteiger partial charge in [-0.1, -0.05) is 30.3 Å². The number of methoxy groups -OCH3 is 1. The molecule has 6 nitrogen and oxygen atoms in total. The van der Waals surface area contributed by atoms with Gasteiger partial charge in [0.25, 0.3) is 0 Å². The second-order valence-electron chi connectivity index (χ2n) is 6.20. The number of hydrogen-bond acceptors (Lipinski definition) is 5. The van der Waals surface area contributed by atoms with Gasteiger partial charge in [0.1, 0.15) is 12.6 Å². The molecule has 0 aliphatic carbocycles. The van der Waals surface area contributed by atoms with E-state index >= 15 is 0 Å². The topological polar surface area (TPSA) is 73.9 Å². The zero-order chi connectivity index (χ0) is 17.5. The molecular formula is C18H25NO5. The summed E-state index contributed by atoms with van der Waals surface area (Å²) in [5.74, 6) is -0.498. The average Bonchev–Trinajstić information content (AvgIpc) is 2.57. The van der Waals surface area contributed by atoms with Crippen molar-refractivity contribution < 1.29 is 23.8 Å². The van der Waals surface area contributed by atoms with Gasteiger partial charge in [-0.15, -0.1) is 0 Å². The van der Waals surface area contributed by atoms with Crippen molar-refractivity contribution >= 4 is 12.1 Å². The Morgan fingerprint density at radius 3 is 2.42 bits per heavy atom. The molecule has 0 bridgehead atoms. The summed E-state index contributed by atoms with van der Waals surface area (Å²) >= 11 is 0. The lowest BCUT2D eigenvalue weighted by Crippen LogP contribution is -2.50. The summed E-state index contributed by atoms with van der Waals surface area (Å²) in [6.07, 6.45) is 0.785. The highest BCUT2D eigenvalue weighted by atomic mass is 16.5. The molecule has 0 spiro atoms. The number of hydrogen-bond donors (Lipinski definition) is 1. The molecule has 3 unspecified atom stereocenters. The first kappa shape index (κ1) is 18.3. The molecule has 3 atom stereocenters. The van der Waals surface area contributed by atoms with Crippen molar-refractivity contribution in [2.45, 2.75) is 51.5 Å². The summed E-state index contributed by atoms with van der Waals surface area (Å²) in [6.45, 7) is 4.10. The van der Waals surface area contributed by atoms with Gasteiger partial charge in [0, 0.05) is 0 Å². The van der Waals surface area contributed by atoms with E-state index in [0.717, 1.165) is 5.56 Å². The largest absolute Gasteiger partial charge is 0.459 e. The van der Waals surface area contributed by atoms with E-state index in [2.05, 4.69) is 10.1 Å². The van der Waals surface area contributed by atoms with E-state index in [1.807, 2.05) is 44.2 Å². The van der Waals surface area contributed by atoms with Crippen LogP contribution in [-0.2, 0) is 25.6 Å². The molecule has 1 aliphatic rings. The molecule has 1 N–H and O–H groups in total. The van der Waals surface area contributed by atoms with Crippen molar-refractivity contribution in [1.82, 2.24) is 5.32 Å². The summed E-state index contributed by atoms with van der Waals surface area (Å²) in [7, 11) is 1.27. The van der Waals surface area contributed by atoms with Crippen LogP contribution in [0.2, 0.25) is 0 Å². The minimum Gasteiger partial charge on any atom is -0.459 e. The highest BCUT2D eigenvalue weighted by Crippen LogP contribution is 2.28. The van der Waals surface area contributed by atoms with Crippen molar-refractivity contribution in [1.29, 1.82) is 0 Å². The fourth-order valence-corrected chi connectivity index (χ4v) is 3.10. The lowest BCUT2D eigenvalue weighted by Gasteiger charge is -2.35. The average molecular weight is 335 g/mol. The molecule has 0 aromatic heterocycles. The minimum absolute atomic E-state index is 0.0302. The number of nitrogens with one attached hydrogen (secondary N) is 1. The first-order chi connectivity index (χ1) is 11.5. The van der Waals surface area contributed by atoms with Crippen LogP contribution in [0.4, 0.5) is 4.79 Å². The normalized spacial score (nSPS) is 24.7. The van der Waals surface area contributed by atoms with Gasteiger partial charge in [0.05, 0.1) is 19.3 Å². The lowest BCUT2D eigenvalue weighted by atomic mass is 9.86. The summed E-state index contributed by atoms with van der Waals surface area (Å²) < 4.78 is 15.8. The lowest BCUT2D eigenvalue weighted by molar-refractivity contribution is -0.151. The first-order valence-electron chi connectivity index (χ1n) is 8.20. The fourth-order valence-electron chi connectivity index (χ4n) is 3.10. The Morgan fingerprint density at radius 1 is 1.21 bits per heavy atom. The molecular weight excluding hydrogens is 310 g/mol. The van der Waals surface area contributed by atoms with Crippen LogP contribution in [0.5, 0.6) is 0 Å². The third-order valence-electron chi connectivity index (χ3n) is 4.14. The summed E-state index contributed by atoms with van der Waals surface area (Å²) in [5, 5.41) is 2.62. The second kappa shape index (κ2) is 8.68. The molecule has 1 saturated heterocycles. The standard InChI is InChI=1S/C18H25NO5/c1-12-9-15(10-13(2)24-12)16(19-18(21)22-3)17(20)23-11-14-7-5-4-6-8-14/h4-8,12-13,15-16H,9-11H2,1-3H3,(H,19,21). The van der Waals surface area contributed by atoms with Crippen molar-refractivity contribution in [3.05, 3.63) is 35.9 Å². The van der Waals surface area contributed by atoms with Crippen LogP contribution in [0.25, 0.3) is 0 Å². The molecule has 1 amide bonds. The number of carbonyl (C=O) groups excluding carboxylic acids is 2. The summed E-state index contributed by atoms with van der Waals surface area (Å²) in [4.78, 5) is 24.2. The molecule has 6 heteroatoms. The number of alkyl carbamates (subject to hydrolysis) is 1. The molecule has 1 fully saturated rings. The van der Waals surface area contributed by atoms with E-state index in [9.17, 15) is 9.59 Å². The third kappa shape index (κ3) is 5.23. The van der Waals surface area contributed by atoms with Crippen LogP contribution < -0.4 is 5.32 Å². The number of ether oxygens (including phenoxy) is 3. The number of amides is 1. The van der Waals surface area contributed by atoms with E-state index in [1.165, 1.54) is 7.11 Å². The molecule has 1 aliphatic heterocycles. The van der Waals surface area contributed by atoms with E-state index in [0.29, 0.717) is 12.8 Å². The van der Waals surface area contributed by atoms with Crippen LogP contribution >= 0.6 is 0 Å². The fraction of sp³-hybridized carbons (Fsp3) is 0.556. The van der Waals surface area contributed by atoms with Gasteiger partial charge in [0.2, 0.25) is 0 Å². The van der Waals surface area contributed by atoms with Crippen molar-refractivity contribution in [3.63, 3.8) is 0 Å². The smallest absolute Gasteiger partial charge is 0.407 e. The molecule has 132 valence electrons. The highest BCUT2D eigenvalue weighted by molar-refractivity contribution is 5.81. The SMILES string of the molecule is COC(=O)NC(C(=O)OCc1ccccc1)C1CC(C)OC(C)C1. The zero-order valence-corrected chi connectivity index (χ0v) is 14.4. The molecule has 0 saturated carbocycles. The van der Waals surface area contributed by atoms with Crippen LogP contribution in [0.3, 0.4) is 0 Å². The zero-order valence-electron chi connectivity index (χ0n) is 14.4. The first-order valence-corrected chi connectivity index (χ1v) is 8.20. The van der Waals surface area contributed by atoms with Crippen LogP contribution in [-0.4, -0.2) is 37.4 Å². The molecule has 1 aromatic carbocycles. The van der Waals surface area contributed by atoms with E-state index in [1.54, 1.807) is 0 Å². The molecule has 24 heavy (non-hydrogen) atoms. The number of esters is 1. The van der Waals surface area contributed by atoms with Crippen LogP contribution in [0.1, 0.15) is 32.3 Å². The van der Waals surface area contributed by atoms with Crippen LogP contribution in [0.15, 0.2) is 30.3 Å². The van der Waals surface area contributed by atoms with Gasteiger partial charge < -0.3 is 19.5 Å². The van der Waals surface area contributed by atoms with Gasteiger partial charge in [-0.05, 0) is 38.2 Å². The molecule has 1 heterocycles. The van der Waals surface area contributed by atoms with Crippen molar-refractivity contribution in [2.75, 3.05) is 7.11 Å². The van der Waals surface area contributed by atoms with Crippen molar-refractivity contribution in [3.8, 4) is 0 Å². The second-order valence-corrected chi connectivity index (χ2v) is 6.20. The maximum atomic E-state index is 12.5. The maximum Gasteiger partial charge on any atom is 0.407 e. The van der Waals surface area contributed by atoms with E-state index in [4.69, 9.17) is 9.47 Å². The van der Waals surface area contributed by atoms with Gasteiger partial charge >= 0.3 is 12.1 Å². The summed E-state index contributed by atoms with van der Waals surface area (Å²) in [6, 6.07) is 8.70. The predicted molar refractivity (Wildman–Crippen MR) is 88.3 cm³/mol. The maximum absolute atomic E-state index is 12.5. The number of carbonyl (C=O) groups is 2. The minimum atomic E-state index is -0.741. The monoisotopic (exact) mass is 335 g/mol. The number of rotatable bonds is 5. The van der Waals surface area contributed by atoms with Gasteiger partial charge in [-0.2, -0.15) is 0 Å². The summed E-state index contributed by atoms with van der Waals surface area (Å²) in [5.41, 5.74) is 0.899. The third-order valence-corrected chi connectivity index (χ3v) is 4.14. The predicted octanol–water partition coefficient (Wildman–Crippen LogP) is 2.66. The Morgan fingerprint density at radius 2 is 1.83 bits per heavy atom. The van der Waals surface area contributed by atoms with Gasteiger partial charge in [-0.25, -0.2) is 9.59 Å². The van der Waals surface area contributed by atoms with E-state index < -0.39 is 18.1 Å². The Labute approximate surface area is 142 Å². The van der Waals surface area contributed by atoms with Gasteiger partial charge in [-0.3, -0.25) is 0 Å². The molecule has 1 aromatic rings. The van der Waals surface area contributed by atoms with E-state index in [-0.39, 0.29) is 24.7 Å². The Kier molecular flexibility index (Phi) is 6.61.